The molecule has 0 aliphatic carbocycles. The van der Waals surface area contributed by atoms with Gasteiger partial charge in [-0.25, -0.2) is 4.98 Å². The Hall–Kier alpha value is -1.87. The molecule has 1 aromatic carbocycles. The number of pyridine rings is 1. The Morgan fingerprint density at radius 2 is 1.95 bits per heavy atom. The average Bonchev–Trinajstić information content (AvgIpc) is 2.41. The minimum absolute atomic E-state index is 0.499. The number of hydrogen-bond acceptors (Lipinski definition) is 3. The summed E-state index contributed by atoms with van der Waals surface area (Å²) in [7, 11) is 0. The van der Waals surface area contributed by atoms with E-state index < -0.39 is 0 Å². The fourth-order valence-corrected chi connectivity index (χ4v) is 2.00. The van der Waals surface area contributed by atoms with E-state index in [1.165, 1.54) is 5.56 Å². The van der Waals surface area contributed by atoms with Crippen LogP contribution in [0.5, 0.6) is 11.6 Å². The summed E-state index contributed by atoms with van der Waals surface area (Å²) in [6, 6.07) is 10.0. The van der Waals surface area contributed by atoms with Gasteiger partial charge in [0, 0.05) is 18.3 Å². The number of benzene rings is 1. The van der Waals surface area contributed by atoms with E-state index in [0.717, 1.165) is 29.0 Å². The molecule has 0 aliphatic rings. The highest BCUT2D eigenvalue weighted by Gasteiger charge is 2.05. The molecule has 2 aromatic rings. The monoisotopic (exact) mass is 256 g/mol. The number of ether oxygens (including phenoxy) is 1. The molecule has 19 heavy (non-hydrogen) atoms. The third-order valence-corrected chi connectivity index (χ3v) is 3.06. The van der Waals surface area contributed by atoms with Gasteiger partial charge >= 0.3 is 0 Å². The standard InChI is InChI=1S/C16H20N2O/c1-4-14-8-13(10-17)9-16(18-14)19-15-6-5-11(2)7-12(15)3/h5-9H,4,10,17H2,1-3H3. The Bertz CT molecular complexity index is 557. The zero-order valence-corrected chi connectivity index (χ0v) is 11.7. The summed E-state index contributed by atoms with van der Waals surface area (Å²) in [5, 5.41) is 0. The quantitative estimate of drug-likeness (QED) is 0.910. The predicted molar refractivity (Wildman–Crippen MR) is 77.5 cm³/mol. The second kappa shape index (κ2) is 5.85. The van der Waals surface area contributed by atoms with Crippen molar-refractivity contribution < 1.29 is 4.74 Å². The summed E-state index contributed by atoms with van der Waals surface area (Å²) in [5.74, 6) is 1.46. The van der Waals surface area contributed by atoms with Gasteiger partial charge in [-0.15, -0.1) is 0 Å². The van der Waals surface area contributed by atoms with Gasteiger partial charge in [0.1, 0.15) is 5.75 Å². The number of rotatable bonds is 4. The van der Waals surface area contributed by atoms with Crippen LogP contribution in [0.3, 0.4) is 0 Å². The highest BCUT2D eigenvalue weighted by molar-refractivity contribution is 5.38. The molecule has 3 heteroatoms. The second-order valence-corrected chi connectivity index (χ2v) is 4.73. The van der Waals surface area contributed by atoms with E-state index in [4.69, 9.17) is 10.5 Å². The van der Waals surface area contributed by atoms with Crippen LogP contribution < -0.4 is 10.5 Å². The lowest BCUT2D eigenvalue weighted by molar-refractivity contribution is 0.456. The van der Waals surface area contributed by atoms with Crippen LogP contribution in [-0.4, -0.2) is 4.98 Å². The van der Waals surface area contributed by atoms with E-state index >= 15 is 0 Å². The first kappa shape index (κ1) is 13.6. The van der Waals surface area contributed by atoms with Gasteiger partial charge in [0.2, 0.25) is 5.88 Å². The van der Waals surface area contributed by atoms with Crippen molar-refractivity contribution in [1.29, 1.82) is 0 Å². The lowest BCUT2D eigenvalue weighted by atomic mass is 10.1. The first-order valence-electron chi connectivity index (χ1n) is 6.57. The summed E-state index contributed by atoms with van der Waals surface area (Å²) in [6.45, 7) is 6.68. The van der Waals surface area contributed by atoms with Gasteiger partial charge < -0.3 is 10.5 Å². The van der Waals surface area contributed by atoms with E-state index in [0.29, 0.717) is 12.4 Å². The molecule has 0 spiro atoms. The molecular formula is C16H20N2O. The van der Waals surface area contributed by atoms with Crippen LogP contribution in [0.25, 0.3) is 0 Å². The average molecular weight is 256 g/mol. The number of nitrogens with zero attached hydrogens (tertiary/aromatic N) is 1. The van der Waals surface area contributed by atoms with Crippen LogP contribution in [0.15, 0.2) is 30.3 Å². The Morgan fingerprint density at radius 3 is 2.58 bits per heavy atom. The largest absolute Gasteiger partial charge is 0.439 e. The molecule has 0 saturated heterocycles. The molecule has 1 aromatic heterocycles. The molecule has 0 saturated carbocycles. The van der Waals surface area contributed by atoms with E-state index in [9.17, 15) is 0 Å². The molecule has 0 unspecified atom stereocenters. The highest BCUT2D eigenvalue weighted by atomic mass is 16.5. The van der Waals surface area contributed by atoms with Crippen LogP contribution in [0.1, 0.15) is 29.3 Å². The van der Waals surface area contributed by atoms with Crippen molar-refractivity contribution in [3.8, 4) is 11.6 Å². The maximum absolute atomic E-state index is 5.88. The molecular weight excluding hydrogens is 236 g/mol. The molecule has 2 rings (SSSR count). The van der Waals surface area contributed by atoms with Crippen molar-refractivity contribution in [3.05, 3.63) is 52.7 Å². The smallest absolute Gasteiger partial charge is 0.219 e. The maximum Gasteiger partial charge on any atom is 0.219 e. The zero-order valence-electron chi connectivity index (χ0n) is 11.7. The molecule has 0 aliphatic heterocycles. The van der Waals surface area contributed by atoms with Crippen molar-refractivity contribution in [2.45, 2.75) is 33.7 Å². The summed E-state index contributed by atoms with van der Waals surface area (Å²) in [5.41, 5.74) is 10.1. The molecule has 100 valence electrons. The van der Waals surface area contributed by atoms with Crippen molar-refractivity contribution in [2.75, 3.05) is 0 Å². The van der Waals surface area contributed by atoms with Crippen molar-refractivity contribution in [3.63, 3.8) is 0 Å². The van der Waals surface area contributed by atoms with Gasteiger partial charge in [0.25, 0.3) is 0 Å². The van der Waals surface area contributed by atoms with Gasteiger partial charge in [0.15, 0.2) is 0 Å². The zero-order chi connectivity index (χ0) is 13.8. The third-order valence-electron chi connectivity index (χ3n) is 3.06. The second-order valence-electron chi connectivity index (χ2n) is 4.73. The molecule has 0 fully saturated rings. The van der Waals surface area contributed by atoms with Crippen LogP contribution in [0, 0.1) is 13.8 Å². The lowest BCUT2D eigenvalue weighted by Gasteiger charge is -2.11. The molecule has 3 nitrogen and oxygen atoms in total. The van der Waals surface area contributed by atoms with E-state index in [1.807, 2.05) is 31.2 Å². The Morgan fingerprint density at radius 1 is 1.16 bits per heavy atom. The number of nitrogens with two attached hydrogens (primary N) is 1. The van der Waals surface area contributed by atoms with Gasteiger partial charge in [-0.1, -0.05) is 24.6 Å². The van der Waals surface area contributed by atoms with Crippen LogP contribution in [0.4, 0.5) is 0 Å². The van der Waals surface area contributed by atoms with Crippen LogP contribution >= 0.6 is 0 Å². The van der Waals surface area contributed by atoms with E-state index in [2.05, 4.69) is 24.9 Å². The Labute approximate surface area is 114 Å². The van der Waals surface area contributed by atoms with Gasteiger partial charge in [-0.3, -0.25) is 0 Å². The highest BCUT2D eigenvalue weighted by Crippen LogP contribution is 2.25. The fraction of sp³-hybridized carbons (Fsp3) is 0.312. The van der Waals surface area contributed by atoms with Crippen LogP contribution in [0.2, 0.25) is 0 Å². The van der Waals surface area contributed by atoms with Crippen molar-refractivity contribution in [1.82, 2.24) is 4.98 Å². The summed E-state index contributed by atoms with van der Waals surface area (Å²) in [6.07, 6.45) is 0.872. The summed E-state index contributed by atoms with van der Waals surface area (Å²) < 4.78 is 5.88. The summed E-state index contributed by atoms with van der Waals surface area (Å²) >= 11 is 0. The van der Waals surface area contributed by atoms with E-state index in [1.54, 1.807) is 0 Å². The van der Waals surface area contributed by atoms with Gasteiger partial charge in [-0.05, 0) is 43.5 Å². The van der Waals surface area contributed by atoms with Gasteiger partial charge in [0.05, 0.1) is 0 Å². The Kier molecular flexibility index (Phi) is 4.17. The minimum Gasteiger partial charge on any atom is -0.439 e. The molecule has 1 heterocycles. The third kappa shape index (κ3) is 3.32. The normalized spacial score (nSPS) is 10.5. The number of hydrogen-bond donors (Lipinski definition) is 1. The topological polar surface area (TPSA) is 48.1 Å². The minimum atomic E-state index is 0.499. The van der Waals surface area contributed by atoms with Crippen molar-refractivity contribution >= 4 is 0 Å². The molecule has 0 bridgehead atoms. The fourth-order valence-electron chi connectivity index (χ4n) is 2.00. The van der Waals surface area contributed by atoms with E-state index in [-0.39, 0.29) is 0 Å². The molecule has 2 N–H and O–H groups in total. The Balaban J connectivity index is 2.31. The first-order valence-corrected chi connectivity index (χ1v) is 6.57. The SMILES string of the molecule is CCc1cc(CN)cc(Oc2ccc(C)cc2C)n1. The number of aryl methyl sites for hydroxylation is 3. The molecule has 0 atom stereocenters. The van der Waals surface area contributed by atoms with Gasteiger partial charge in [-0.2, -0.15) is 0 Å². The molecule has 0 amide bonds. The predicted octanol–water partition coefficient (Wildman–Crippen LogP) is 3.51. The molecule has 0 radical (unpaired) electrons. The number of aromatic nitrogens is 1. The first-order chi connectivity index (χ1) is 9.12. The maximum atomic E-state index is 5.88. The summed E-state index contributed by atoms with van der Waals surface area (Å²) in [4.78, 5) is 4.48. The van der Waals surface area contributed by atoms with Crippen molar-refractivity contribution in [2.24, 2.45) is 5.73 Å². The lowest BCUT2D eigenvalue weighted by Crippen LogP contribution is -2.01. The van der Waals surface area contributed by atoms with Crippen LogP contribution in [-0.2, 0) is 13.0 Å².